The number of hydrogen-bond acceptors (Lipinski definition) is 3. The lowest BCUT2D eigenvalue weighted by molar-refractivity contribution is 0.0695. The largest absolute Gasteiger partial charge is 0.385 e. The number of nitrogens with one attached hydrogen (secondary N) is 2. The summed E-state index contributed by atoms with van der Waals surface area (Å²) in [5.41, 5.74) is 2.76. The second kappa shape index (κ2) is 8.59. The minimum absolute atomic E-state index is 0.0368. The summed E-state index contributed by atoms with van der Waals surface area (Å²) in [6.07, 6.45) is 1.12. The molecule has 0 aliphatic heterocycles. The van der Waals surface area contributed by atoms with Crippen LogP contribution in [-0.4, -0.2) is 31.7 Å². The molecule has 112 valence electrons. The fourth-order valence-corrected chi connectivity index (χ4v) is 1.97. The normalized spacial score (nSPS) is 12.0. The minimum Gasteiger partial charge on any atom is -0.385 e. The number of benzene rings is 1. The Hall–Kier alpha value is -1.55. The van der Waals surface area contributed by atoms with Gasteiger partial charge in [0.15, 0.2) is 0 Å². The summed E-state index contributed by atoms with van der Waals surface area (Å²) >= 11 is 0. The van der Waals surface area contributed by atoms with Crippen LogP contribution in [0.25, 0.3) is 0 Å². The predicted octanol–water partition coefficient (Wildman–Crippen LogP) is 2.97. The number of aryl methyl sites for hydroxylation is 1. The second-order valence-electron chi connectivity index (χ2n) is 4.93. The van der Waals surface area contributed by atoms with Gasteiger partial charge in [0.2, 0.25) is 0 Å². The van der Waals surface area contributed by atoms with Crippen LogP contribution in [0.15, 0.2) is 18.2 Å². The van der Waals surface area contributed by atoms with Crippen molar-refractivity contribution in [2.24, 2.45) is 0 Å². The van der Waals surface area contributed by atoms with Crippen molar-refractivity contribution in [3.63, 3.8) is 0 Å². The van der Waals surface area contributed by atoms with E-state index in [1.165, 1.54) is 0 Å². The van der Waals surface area contributed by atoms with E-state index >= 15 is 0 Å². The molecule has 4 heteroatoms. The zero-order valence-corrected chi connectivity index (χ0v) is 13.0. The van der Waals surface area contributed by atoms with E-state index in [1.54, 1.807) is 0 Å². The molecule has 0 saturated heterocycles. The second-order valence-corrected chi connectivity index (χ2v) is 4.93. The number of carbonyl (C=O) groups is 1. The van der Waals surface area contributed by atoms with Crippen molar-refractivity contribution in [2.75, 3.05) is 25.0 Å². The monoisotopic (exact) mass is 278 g/mol. The highest BCUT2D eigenvalue weighted by molar-refractivity contribution is 5.96. The van der Waals surface area contributed by atoms with Gasteiger partial charge in [0.25, 0.3) is 5.91 Å². The fraction of sp³-hybridized carbons (Fsp3) is 0.562. The zero-order chi connectivity index (χ0) is 15.0. The third-order valence-corrected chi connectivity index (χ3v) is 3.05. The van der Waals surface area contributed by atoms with Gasteiger partial charge in [-0.05, 0) is 51.0 Å². The topological polar surface area (TPSA) is 50.4 Å². The van der Waals surface area contributed by atoms with E-state index in [-0.39, 0.29) is 12.0 Å². The molecule has 2 N–H and O–H groups in total. The van der Waals surface area contributed by atoms with Crippen LogP contribution < -0.4 is 10.6 Å². The van der Waals surface area contributed by atoms with Crippen LogP contribution in [-0.2, 0) is 4.74 Å². The van der Waals surface area contributed by atoms with Gasteiger partial charge >= 0.3 is 0 Å². The van der Waals surface area contributed by atoms with Gasteiger partial charge in [0.05, 0.1) is 6.10 Å². The van der Waals surface area contributed by atoms with Gasteiger partial charge in [-0.1, -0.05) is 6.92 Å². The molecule has 1 rings (SSSR count). The van der Waals surface area contributed by atoms with Crippen molar-refractivity contribution in [3.8, 4) is 0 Å². The van der Waals surface area contributed by atoms with Gasteiger partial charge in [-0.2, -0.15) is 0 Å². The molecule has 1 atom stereocenters. The highest BCUT2D eigenvalue weighted by Gasteiger charge is 2.10. The number of amides is 1. The minimum atomic E-state index is -0.0453. The summed E-state index contributed by atoms with van der Waals surface area (Å²) in [5, 5.41) is 6.22. The Kier molecular flexibility index (Phi) is 7.09. The molecule has 1 aromatic carbocycles. The highest BCUT2D eigenvalue weighted by Crippen LogP contribution is 2.15. The van der Waals surface area contributed by atoms with Crippen molar-refractivity contribution >= 4 is 11.6 Å². The van der Waals surface area contributed by atoms with E-state index in [4.69, 9.17) is 4.74 Å². The van der Waals surface area contributed by atoms with Crippen molar-refractivity contribution < 1.29 is 9.53 Å². The van der Waals surface area contributed by atoms with Gasteiger partial charge < -0.3 is 15.4 Å². The Morgan fingerprint density at radius 2 is 2.10 bits per heavy atom. The van der Waals surface area contributed by atoms with E-state index in [9.17, 15) is 4.79 Å². The Morgan fingerprint density at radius 1 is 1.35 bits per heavy atom. The molecule has 0 aromatic heterocycles. The quantitative estimate of drug-likeness (QED) is 0.768. The molecular formula is C16H26N2O2. The third-order valence-electron chi connectivity index (χ3n) is 3.05. The molecule has 1 amide bonds. The van der Waals surface area contributed by atoms with Gasteiger partial charge in [-0.3, -0.25) is 4.79 Å². The third kappa shape index (κ3) is 5.21. The number of anilines is 1. The molecule has 1 aromatic rings. The molecule has 0 bridgehead atoms. The lowest BCUT2D eigenvalue weighted by Crippen LogP contribution is -2.32. The summed E-state index contributed by atoms with van der Waals surface area (Å²) < 4.78 is 5.40. The lowest BCUT2D eigenvalue weighted by atomic mass is 10.1. The van der Waals surface area contributed by atoms with E-state index in [1.807, 2.05) is 39.0 Å². The van der Waals surface area contributed by atoms with Crippen LogP contribution in [0.1, 0.15) is 43.1 Å². The van der Waals surface area contributed by atoms with E-state index in [0.717, 1.165) is 29.8 Å². The molecule has 0 heterocycles. The molecule has 0 fully saturated rings. The summed E-state index contributed by atoms with van der Waals surface area (Å²) in [6.45, 7) is 10.1. The molecule has 0 saturated carbocycles. The Labute approximate surface area is 121 Å². The Bertz CT molecular complexity index is 432. The maximum Gasteiger partial charge on any atom is 0.251 e. The van der Waals surface area contributed by atoms with Crippen molar-refractivity contribution in [1.82, 2.24) is 5.32 Å². The average molecular weight is 278 g/mol. The first-order valence-electron chi connectivity index (χ1n) is 7.32. The van der Waals surface area contributed by atoms with Crippen LogP contribution in [0.5, 0.6) is 0 Å². The SMILES string of the molecule is CCCNc1ccc(C(=O)NCC(C)OCC)c(C)c1. The molecule has 1 unspecified atom stereocenters. The molecule has 0 aliphatic rings. The fourth-order valence-electron chi connectivity index (χ4n) is 1.97. The van der Waals surface area contributed by atoms with E-state index in [0.29, 0.717) is 13.2 Å². The standard InChI is InChI=1S/C16H26N2O2/c1-5-9-17-14-7-8-15(12(3)10-14)16(19)18-11-13(4)20-6-2/h7-8,10,13,17H,5-6,9,11H2,1-4H3,(H,18,19). The van der Waals surface area contributed by atoms with Crippen molar-refractivity contribution in [3.05, 3.63) is 29.3 Å². The first kappa shape index (κ1) is 16.5. The van der Waals surface area contributed by atoms with Crippen LogP contribution in [0.2, 0.25) is 0 Å². The summed E-state index contributed by atoms with van der Waals surface area (Å²) in [4.78, 5) is 12.1. The Morgan fingerprint density at radius 3 is 2.70 bits per heavy atom. The summed E-state index contributed by atoms with van der Waals surface area (Å²) in [6, 6.07) is 5.83. The van der Waals surface area contributed by atoms with Gasteiger partial charge in [0.1, 0.15) is 0 Å². The molecule has 0 spiro atoms. The maximum absolute atomic E-state index is 12.1. The highest BCUT2D eigenvalue weighted by atomic mass is 16.5. The maximum atomic E-state index is 12.1. The number of ether oxygens (including phenoxy) is 1. The number of hydrogen-bond donors (Lipinski definition) is 2. The lowest BCUT2D eigenvalue weighted by Gasteiger charge is -2.14. The van der Waals surface area contributed by atoms with Crippen LogP contribution >= 0.6 is 0 Å². The average Bonchev–Trinajstić information content (AvgIpc) is 2.43. The van der Waals surface area contributed by atoms with E-state index < -0.39 is 0 Å². The molecule has 0 radical (unpaired) electrons. The molecule has 0 aliphatic carbocycles. The molecule has 4 nitrogen and oxygen atoms in total. The Balaban J connectivity index is 2.59. The predicted molar refractivity (Wildman–Crippen MR) is 83.4 cm³/mol. The van der Waals surface area contributed by atoms with Gasteiger partial charge in [-0.15, -0.1) is 0 Å². The van der Waals surface area contributed by atoms with Crippen LogP contribution in [0, 0.1) is 6.92 Å². The molecular weight excluding hydrogens is 252 g/mol. The zero-order valence-electron chi connectivity index (χ0n) is 13.0. The summed E-state index contributed by atoms with van der Waals surface area (Å²) in [7, 11) is 0. The molecule has 20 heavy (non-hydrogen) atoms. The first-order chi connectivity index (χ1) is 9.58. The number of rotatable bonds is 8. The van der Waals surface area contributed by atoms with Gasteiger partial charge in [-0.25, -0.2) is 0 Å². The van der Waals surface area contributed by atoms with Crippen molar-refractivity contribution in [2.45, 2.75) is 40.2 Å². The van der Waals surface area contributed by atoms with E-state index in [2.05, 4.69) is 17.6 Å². The number of carbonyl (C=O) groups excluding carboxylic acids is 1. The smallest absolute Gasteiger partial charge is 0.251 e. The van der Waals surface area contributed by atoms with Crippen LogP contribution in [0.4, 0.5) is 5.69 Å². The van der Waals surface area contributed by atoms with Gasteiger partial charge in [0, 0.05) is 30.9 Å². The van der Waals surface area contributed by atoms with Crippen LogP contribution in [0.3, 0.4) is 0 Å². The summed E-state index contributed by atoms with van der Waals surface area (Å²) in [5.74, 6) is -0.0453. The first-order valence-corrected chi connectivity index (χ1v) is 7.32. The van der Waals surface area contributed by atoms with Crippen molar-refractivity contribution in [1.29, 1.82) is 0 Å².